The zero-order chi connectivity index (χ0) is 47.8. The third-order valence-corrected chi connectivity index (χ3v) is 13.1. The number of hydrogen-bond acceptors (Lipinski definition) is 22. The van der Waals surface area contributed by atoms with Gasteiger partial charge < -0.3 is 109 Å². The first-order chi connectivity index (χ1) is 31.1. The second-order valence-electron chi connectivity index (χ2n) is 18.2. The molecule has 0 radical (unpaired) electrons. The van der Waals surface area contributed by atoms with Gasteiger partial charge >= 0.3 is 0 Å². The van der Waals surface area contributed by atoms with Gasteiger partial charge in [0.1, 0.15) is 97.7 Å². The molecule has 22 nitrogen and oxygen atoms in total. The Labute approximate surface area is 380 Å². The van der Waals surface area contributed by atoms with Crippen LogP contribution in [0.15, 0.2) is 0 Å². The summed E-state index contributed by atoms with van der Waals surface area (Å²) in [6.45, 7) is 0.951. The number of aliphatic hydroxyl groups is 14. The molecule has 0 aromatic carbocycles. The van der Waals surface area contributed by atoms with Crippen LogP contribution in [0.4, 0.5) is 0 Å². The molecule has 4 aliphatic rings. The largest absolute Gasteiger partial charge is 0.394 e. The van der Waals surface area contributed by atoms with Gasteiger partial charge in [0.15, 0.2) is 25.2 Å². The maximum Gasteiger partial charge on any atom is 0.187 e. The predicted molar refractivity (Wildman–Crippen MR) is 223 cm³/mol. The number of ether oxygens (including phenoxy) is 8. The molecule has 0 aliphatic carbocycles. The van der Waals surface area contributed by atoms with E-state index in [1.54, 1.807) is 0 Å². The Hall–Kier alpha value is -0.880. The van der Waals surface area contributed by atoms with Crippen molar-refractivity contribution in [3.8, 4) is 0 Å². The fourth-order valence-electron chi connectivity index (χ4n) is 8.92. The maximum atomic E-state index is 11.4. The zero-order valence-electron chi connectivity index (χ0n) is 37.7. The summed E-state index contributed by atoms with van der Waals surface area (Å²) in [5.41, 5.74) is -0.867. The molecule has 0 saturated carbocycles. The van der Waals surface area contributed by atoms with Crippen LogP contribution in [0.2, 0.25) is 0 Å². The Balaban J connectivity index is 1.53. The van der Waals surface area contributed by atoms with Crippen molar-refractivity contribution in [3.63, 3.8) is 0 Å². The lowest BCUT2D eigenvalue weighted by Gasteiger charge is -2.47. The van der Waals surface area contributed by atoms with Crippen LogP contribution in [0.5, 0.6) is 0 Å². The summed E-state index contributed by atoms with van der Waals surface area (Å²) < 4.78 is 46.7. The van der Waals surface area contributed by atoms with Crippen LogP contribution in [-0.4, -0.2) is 234 Å². The number of unbranched alkanes of at least 4 members (excludes halogenated alkanes) is 10. The van der Waals surface area contributed by atoms with E-state index in [1.165, 1.54) is 0 Å². The molecule has 384 valence electrons. The summed E-state index contributed by atoms with van der Waals surface area (Å²) in [4.78, 5) is 0. The first-order valence-electron chi connectivity index (χ1n) is 23.5. The van der Waals surface area contributed by atoms with Crippen LogP contribution in [0, 0.1) is 5.41 Å². The lowest BCUT2D eigenvalue weighted by molar-refractivity contribution is -0.365. The third-order valence-electron chi connectivity index (χ3n) is 13.1. The zero-order valence-corrected chi connectivity index (χ0v) is 37.7. The molecule has 22 heteroatoms. The molecule has 14 N–H and O–H groups in total. The van der Waals surface area contributed by atoms with Crippen molar-refractivity contribution in [1.82, 2.24) is 0 Å². The molecule has 4 rings (SSSR count). The average Bonchev–Trinajstić information content (AvgIpc) is 3.30. The first kappa shape index (κ1) is 56.7. The maximum absolute atomic E-state index is 11.4. The minimum Gasteiger partial charge on any atom is -0.394 e. The van der Waals surface area contributed by atoms with E-state index in [1.807, 2.05) is 0 Å². The third kappa shape index (κ3) is 15.1. The topological polar surface area (TPSA) is 357 Å². The van der Waals surface area contributed by atoms with Gasteiger partial charge in [-0.15, -0.1) is 0 Å². The standard InChI is InChI=1S/C43H80O22/c1-3-5-7-9-11-13-15-43(16-14-12-10-8-6-4-2,21-58-39-35(56)31(52)37(25(19-46)62-39)64-41-33(54)29(50)27(48)23(17-44)60-41)22-59-40-36(57)32(53)38(26(20-47)63-40)65-42-34(55)30(51)28(49)24(18-45)61-42/h23-42,44-57H,3-22H2,1-2H3/t23-,24-,25-,26-,27-,28-,29+,30+,31-,32-,33-,34-,35-,36-,37-,38-,39-,40-,41-,42-/m1/s1. The highest BCUT2D eigenvalue weighted by Crippen LogP contribution is 2.38. The number of hydrogen-bond donors (Lipinski definition) is 14. The van der Waals surface area contributed by atoms with Gasteiger partial charge in [0, 0.05) is 5.41 Å². The molecule has 0 unspecified atom stereocenters. The van der Waals surface area contributed by atoms with Crippen molar-refractivity contribution in [1.29, 1.82) is 0 Å². The van der Waals surface area contributed by atoms with E-state index < -0.39 is 155 Å². The van der Waals surface area contributed by atoms with E-state index in [0.29, 0.717) is 12.8 Å². The van der Waals surface area contributed by atoms with Crippen LogP contribution in [0.25, 0.3) is 0 Å². The highest BCUT2D eigenvalue weighted by atomic mass is 16.8. The lowest BCUT2D eigenvalue weighted by Crippen LogP contribution is -2.65. The number of rotatable bonds is 28. The Morgan fingerprint density at radius 1 is 0.354 bits per heavy atom. The minimum absolute atomic E-state index is 0.139. The van der Waals surface area contributed by atoms with E-state index in [9.17, 15) is 71.5 Å². The van der Waals surface area contributed by atoms with Crippen LogP contribution in [-0.2, 0) is 37.9 Å². The summed E-state index contributed by atoms with van der Waals surface area (Å²) in [6.07, 6.45) is -20.3. The molecular weight excluding hydrogens is 868 g/mol. The monoisotopic (exact) mass is 949 g/mol. The second kappa shape index (κ2) is 28.1. The van der Waals surface area contributed by atoms with Crippen LogP contribution >= 0.6 is 0 Å². The summed E-state index contributed by atoms with van der Waals surface area (Å²) in [5.74, 6) is 0. The van der Waals surface area contributed by atoms with E-state index in [-0.39, 0.29) is 13.2 Å². The first-order valence-corrected chi connectivity index (χ1v) is 23.5. The SMILES string of the molecule is CCCCCCCCC(CCCCCCCC)(CO[C@@H]1O[C@H](CO)[C@@H](O[C@H]2O[C@H](CO)[C@@H](O)[C@H](O)[C@H]2O)[C@H](O)[C@H]1O)CO[C@@H]1O[C@H](CO)[C@@H](O[C@H]2O[C@H](CO)[C@@H](O)[C@H](O)[C@H]2O)[C@H](O)[C@H]1O. The molecule has 0 amide bonds. The van der Waals surface area contributed by atoms with Gasteiger partial charge in [-0.1, -0.05) is 90.9 Å². The van der Waals surface area contributed by atoms with Crippen molar-refractivity contribution < 1.29 is 109 Å². The quantitative estimate of drug-likeness (QED) is 0.0343. The van der Waals surface area contributed by atoms with Crippen LogP contribution < -0.4 is 0 Å². The smallest absolute Gasteiger partial charge is 0.187 e. The average molecular weight is 949 g/mol. The summed E-state index contributed by atoms with van der Waals surface area (Å²) in [7, 11) is 0. The van der Waals surface area contributed by atoms with Gasteiger partial charge in [0.2, 0.25) is 0 Å². The fraction of sp³-hybridized carbons (Fsp3) is 1.00. The molecule has 4 saturated heterocycles. The van der Waals surface area contributed by atoms with Crippen LogP contribution in [0.1, 0.15) is 104 Å². The predicted octanol–water partition coefficient (Wildman–Crippen LogP) is -3.24. The van der Waals surface area contributed by atoms with Crippen molar-refractivity contribution in [3.05, 3.63) is 0 Å². The Kier molecular flexibility index (Phi) is 24.5. The van der Waals surface area contributed by atoms with Gasteiger partial charge in [-0.2, -0.15) is 0 Å². The van der Waals surface area contributed by atoms with Crippen molar-refractivity contribution >= 4 is 0 Å². The Morgan fingerprint density at radius 3 is 1.00 bits per heavy atom. The molecule has 4 aliphatic heterocycles. The van der Waals surface area contributed by atoms with Crippen LogP contribution in [0.3, 0.4) is 0 Å². The van der Waals surface area contributed by atoms with Crippen molar-refractivity contribution in [2.75, 3.05) is 39.6 Å². The van der Waals surface area contributed by atoms with Gasteiger partial charge in [0.25, 0.3) is 0 Å². The molecule has 20 atom stereocenters. The molecule has 0 aromatic rings. The molecule has 0 aromatic heterocycles. The number of aliphatic hydroxyl groups excluding tert-OH is 14. The highest BCUT2D eigenvalue weighted by Gasteiger charge is 2.53. The minimum atomic E-state index is -1.84. The van der Waals surface area contributed by atoms with Gasteiger partial charge in [-0.3, -0.25) is 0 Å². The molecule has 4 fully saturated rings. The van der Waals surface area contributed by atoms with Gasteiger partial charge in [-0.05, 0) is 12.8 Å². The van der Waals surface area contributed by atoms with E-state index in [2.05, 4.69) is 13.8 Å². The molecule has 0 bridgehead atoms. The van der Waals surface area contributed by atoms with Gasteiger partial charge in [-0.25, -0.2) is 0 Å². The van der Waals surface area contributed by atoms with Gasteiger partial charge in [0.05, 0.1) is 39.6 Å². The lowest BCUT2D eigenvalue weighted by atomic mass is 9.79. The summed E-state index contributed by atoms with van der Waals surface area (Å²) >= 11 is 0. The van der Waals surface area contributed by atoms with E-state index in [4.69, 9.17) is 37.9 Å². The molecule has 0 spiro atoms. The van der Waals surface area contributed by atoms with Crippen molar-refractivity contribution in [2.24, 2.45) is 5.41 Å². The Bertz CT molecular complexity index is 1190. The summed E-state index contributed by atoms with van der Waals surface area (Å²) in [6, 6.07) is 0. The second-order valence-corrected chi connectivity index (χ2v) is 18.2. The van der Waals surface area contributed by atoms with E-state index >= 15 is 0 Å². The van der Waals surface area contributed by atoms with E-state index in [0.717, 1.165) is 77.0 Å². The summed E-state index contributed by atoms with van der Waals surface area (Å²) in [5, 5.41) is 147. The molecule has 4 heterocycles. The van der Waals surface area contributed by atoms with Crippen molar-refractivity contribution in [2.45, 2.75) is 227 Å². The normalized spacial score (nSPS) is 40.6. The fourth-order valence-corrected chi connectivity index (χ4v) is 8.92. The highest BCUT2D eigenvalue weighted by molar-refractivity contribution is 4.96. The Morgan fingerprint density at radius 2 is 0.662 bits per heavy atom. The molecule has 65 heavy (non-hydrogen) atoms. The molecular formula is C43H80O22.